The largest absolute Gasteiger partial charge is 0.481 e. The average Bonchev–Trinajstić information content (AvgIpc) is 2.52. The van der Waals surface area contributed by atoms with Gasteiger partial charge in [0.15, 0.2) is 0 Å². The van der Waals surface area contributed by atoms with Crippen molar-refractivity contribution in [2.75, 3.05) is 0 Å². The van der Waals surface area contributed by atoms with Crippen molar-refractivity contribution in [3.8, 4) is 0 Å². The number of hydrogen-bond acceptors (Lipinski definition) is 2. The minimum Gasteiger partial charge on any atom is -0.481 e. The van der Waals surface area contributed by atoms with Crippen molar-refractivity contribution in [3.63, 3.8) is 0 Å². The molecule has 0 amide bonds. The lowest BCUT2D eigenvalue weighted by Gasteiger charge is -2.21. The Labute approximate surface area is 160 Å². The van der Waals surface area contributed by atoms with Gasteiger partial charge in [0.1, 0.15) is 0 Å². The fraction of sp³-hybridized carbons (Fsp3) is 0.909. The van der Waals surface area contributed by atoms with Crippen LogP contribution in [0.15, 0.2) is 0 Å². The quantitative estimate of drug-likeness (QED) is 0.245. The number of carboxylic acids is 2. The SMILES string of the molecule is CC(C)(CCCCCCCCCCCCCCCCC(=O)O)CC(=O)O. The van der Waals surface area contributed by atoms with Crippen LogP contribution < -0.4 is 0 Å². The average molecular weight is 371 g/mol. The summed E-state index contributed by atoms with van der Waals surface area (Å²) in [6, 6.07) is 0. The Bertz CT molecular complexity index is 363. The van der Waals surface area contributed by atoms with E-state index in [-0.39, 0.29) is 11.8 Å². The Kier molecular flexibility index (Phi) is 15.5. The predicted octanol–water partition coefficient (Wildman–Crippen LogP) is 6.81. The maximum Gasteiger partial charge on any atom is 0.303 e. The fourth-order valence-corrected chi connectivity index (χ4v) is 3.50. The minimum atomic E-state index is -0.687. The zero-order chi connectivity index (χ0) is 19.7. The van der Waals surface area contributed by atoms with Crippen LogP contribution in [0.25, 0.3) is 0 Å². The van der Waals surface area contributed by atoms with Gasteiger partial charge in [-0.3, -0.25) is 9.59 Å². The third-order valence-corrected chi connectivity index (χ3v) is 5.12. The molecule has 0 aromatic heterocycles. The number of aliphatic carboxylic acids is 2. The van der Waals surface area contributed by atoms with Crippen molar-refractivity contribution in [2.24, 2.45) is 5.41 Å². The highest BCUT2D eigenvalue weighted by atomic mass is 16.4. The lowest BCUT2D eigenvalue weighted by Crippen LogP contribution is -2.16. The van der Waals surface area contributed by atoms with Crippen molar-refractivity contribution in [1.29, 1.82) is 0 Å². The van der Waals surface area contributed by atoms with E-state index in [1.54, 1.807) is 0 Å². The molecule has 26 heavy (non-hydrogen) atoms. The first-order valence-corrected chi connectivity index (χ1v) is 10.8. The molecule has 0 unspecified atom stereocenters. The Morgan fingerprint density at radius 2 is 0.923 bits per heavy atom. The summed E-state index contributed by atoms with van der Waals surface area (Å²) < 4.78 is 0. The molecule has 0 spiro atoms. The van der Waals surface area contributed by atoms with Crippen LogP contribution in [0.2, 0.25) is 0 Å². The third-order valence-electron chi connectivity index (χ3n) is 5.12. The van der Waals surface area contributed by atoms with Crippen LogP contribution in [0.1, 0.15) is 123 Å². The first kappa shape index (κ1) is 24.9. The van der Waals surface area contributed by atoms with Crippen molar-refractivity contribution < 1.29 is 19.8 Å². The Balaban J connectivity index is 3.20. The van der Waals surface area contributed by atoms with Crippen LogP contribution in [-0.2, 0) is 9.59 Å². The highest BCUT2D eigenvalue weighted by Crippen LogP contribution is 2.28. The monoisotopic (exact) mass is 370 g/mol. The molecule has 0 fully saturated rings. The van der Waals surface area contributed by atoms with Crippen LogP contribution in [0.4, 0.5) is 0 Å². The highest BCUT2D eigenvalue weighted by molar-refractivity contribution is 5.67. The molecule has 0 radical (unpaired) electrons. The van der Waals surface area contributed by atoms with Crippen molar-refractivity contribution in [1.82, 2.24) is 0 Å². The van der Waals surface area contributed by atoms with Gasteiger partial charge in [-0.15, -0.1) is 0 Å². The molecule has 0 rings (SSSR count). The molecule has 0 aromatic carbocycles. The number of unbranched alkanes of at least 4 members (excludes halogenated alkanes) is 13. The van der Waals surface area contributed by atoms with Crippen molar-refractivity contribution in [3.05, 3.63) is 0 Å². The number of carbonyl (C=O) groups is 2. The van der Waals surface area contributed by atoms with Gasteiger partial charge in [0.25, 0.3) is 0 Å². The lowest BCUT2D eigenvalue weighted by molar-refractivity contribution is -0.139. The molecule has 0 aliphatic carbocycles. The maximum absolute atomic E-state index is 10.8. The molecule has 154 valence electrons. The summed E-state index contributed by atoms with van der Waals surface area (Å²) >= 11 is 0. The Hall–Kier alpha value is -1.06. The molecular weight excluding hydrogens is 328 g/mol. The molecular formula is C22H42O4. The smallest absolute Gasteiger partial charge is 0.303 e. The van der Waals surface area contributed by atoms with E-state index in [0.717, 1.165) is 25.7 Å². The van der Waals surface area contributed by atoms with Gasteiger partial charge in [0.05, 0.1) is 6.42 Å². The van der Waals surface area contributed by atoms with Crippen LogP contribution in [0.5, 0.6) is 0 Å². The first-order chi connectivity index (χ1) is 12.3. The zero-order valence-electron chi connectivity index (χ0n) is 17.2. The topological polar surface area (TPSA) is 74.6 Å². The molecule has 0 atom stereocenters. The molecule has 2 N–H and O–H groups in total. The summed E-state index contributed by atoms with van der Waals surface area (Å²) in [5, 5.41) is 17.4. The summed E-state index contributed by atoms with van der Waals surface area (Å²) in [7, 11) is 0. The van der Waals surface area contributed by atoms with Gasteiger partial charge in [0.2, 0.25) is 0 Å². The van der Waals surface area contributed by atoms with Crippen LogP contribution in [-0.4, -0.2) is 22.2 Å². The third kappa shape index (κ3) is 19.3. The zero-order valence-corrected chi connectivity index (χ0v) is 17.2. The van der Waals surface area contributed by atoms with E-state index in [9.17, 15) is 9.59 Å². The molecule has 0 saturated carbocycles. The van der Waals surface area contributed by atoms with E-state index in [1.165, 1.54) is 70.6 Å². The molecule has 4 nitrogen and oxygen atoms in total. The molecule has 0 aliphatic rings. The molecule has 0 heterocycles. The van der Waals surface area contributed by atoms with Crippen molar-refractivity contribution in [2.45, 2.75) is 123 Å². The number of carboxylic acid groups (broad SMARTS) is 2. The van der Waals surface area contributed by atoms with Gasteiger partial charge < -0.3 is 10.2 Å². The van der Waals surface area contributed by atoms with E-state index in [0.29, 0.717) is 6.42 Å². The van der Waals surface area contributed by atoms with Gasteiger partial charge in [0, 0.05) is 6.42 Å². The van der Waals surface area contributed by atoms with Gasteiger partial charge >= 0.3 is 11.9 Å². The van der Waals surface area contributed by atoms with Gasteiger partial charge in [-0.1, -0.05) is 97.3 Å². The number of hydrogen-bond donors (Lipinski definition) is 2. The summed E-state index contributed by atoms with van der Waals surface area (Å²) in [4.78, 5) is 21.2. The maximum atomic E-state index is 10.8. The second kappa shape index (κ2) is 16.1. The first-order valence-electron chi connectivity index (χ1n) is 10.8. The summed E-state index contributed by atoms with van der Waals surface area (Å²) in [5.74, 6) is -1.36. The Morgan fingerprint density at radius 3 is 1.27 bits per heavy atom. The summed E-state index contributed by atoms with van der Waals surface area (Å²) in [6.45, 7) is 4.11. The fourth-order valence-electron chi connectivity index (χ4n) is 3.50. The minimum absolute atomic E-state index is 0.0674. The second-order valence-corrected chi connectivity index (χ2v) is 8.58. The molecule has 0 saturated heterocycles. The van der Waals surface area contributed by atoms with E-state index in [4.69, 9.17) is 10.2 Å². The lowest BCUT2D eigenvalue weighted by atomic mass is 9.83. The number of rotatable bonds is 19. The predicted molar refractivity (Wildman–Crippen MR) is 108 cm³/mol. The normalized spacial score (nSPS) is 11.6. The highest BCUT2D eigenvalue weighted by Gasteiger charge is 2.20. The standard InChI is InChI=1S/C22H42O4/c1-22(2,19-21(25)26)18-16-14-12-10-8-6-4-3-5-7-9-11-13-15-17-20(23)24/h3-19H2,1-2H3,(H,23,24)(H,25,26). The second-order valence-electron chi connectivity index (χ2n) is 8.58. The van der Waals surface area contributed by atoms with E-state index in [1.807, 2.05) is 0 Å². The van der Waals surface area contributed by atoms with E-state index >= 15 is 0 Å². The Morgan fingerprint density at radius 1 is 0.577 bits per heavy atom. The molecule has 0 aromatic rings. The van der Waals surface area contributed by atoms with E-state index < -0.39 is 11.9 Å². The summed E-state index contributed by atoms with van der Waals surface area (Å²) in [6.07, 6.45) is 18.8. The molecule has 0 bridgehead atoms. The summed E-state index contributed by atoms with van der Waals surface area (Å²) in [5.41, 5.74) is -0.0674. The molecule has 0 aliphatic heterocycles. The van der Waals surface area contributed by atoms with Crippen molar-refractivity contribution >= 4 is 11.9 Å². The molecule has 4 heteroatoms. The van der Waals surface area contributed by atoms with Crippen LogP contribution in [0.3, 0.4) is 0 Å². The van der Waals surface area contributed by atoms with Gasteiger partial charge in [-0.05, 0) is 18.3 Å². The van der Waals surface area contributed by atoms with E-state index in [2.05, 4.69) is 13.8 Å². The van der Waals surface area contributed by atoms with Gasteiger partial charge in [-0.25, -0.2) is 0 Å². The van der Waals surface area contributed by atoms with Crippen LogP contribution >= 0.6 is 0 Å². The van der Waals surface area contributed by atoms with Crippen LogP contribution in [0, 0.1) is 5.41 Å². The van der Waals surface area contributed by atoms with Gasteiger partial charge in [-0.2, -0.15) is 0 Å².